The van der Waals surface area contributed by atoms with Gasteiger partial charge in [-0.15, -0.1) is 0 Å². The molecule has 1 saturated heterocycles. The van der Waals surface area contributed by atoms with Crippen molar-refractivity contribution >= 4 is 29.2 Å². The summed E-state index contributed by atoms with van der Waals surface area (Å²) in [5, 5.41) is 2.09. The van der Waals surface area contributed by atoms with Gasteiger partial charge in [-0.2, -0.15) is 13.2 Å². The molecule has 1 aromatic carbocycles. The molecule has 160 valence electrons. The summed E-state index contributed by atoms with van der Waals surface area (Å²) in [4.78, 5) is 31.8. The highest BCUT2D eigenvalue weighted by atomic mass is 35.5. The zero-order chi connectivity index (χ0) is 22.1. The van der Waals surface area contributed by atoms with Gasteiger partial charge >= 0.3 is 12.2 Å². The van der Waals surface area contributed by atoms with Gasteiger partial charge in [0.25, 0.3) is 0 Å². The number of methoxy groups -OCH3 is 1. The van der Waals surface area contributed by atoms with E-state index in [0.29, 0.717) is 11.6 Å². The molecule has 1 aliphatic heterocycles. The molecule has 3 rings (SSSR count). The number of hydrogen-bond acceptors (Lipinski definition) is 4. The molecule has 0 radical (unpaired) electrons. The van der Waals surface area contributed by atoms with Gasteiger partial charge in [-0.1, -0.05) is 23.7 Å². The van der Waals surface area contributed by atoms with Crippen molar-refractivity contribution in [2.75, 3.05) is 25.6 Å². The van der Waals surface area contributed by atoms with Crippen LogP contribution in [0.1, 0.15) is 11.1 Å². The highest BCUT2D eigenvalue weighted by Gasteiger charge is 2.40. The van der Waals surface area contributed by atoms with E-state index >= 15 is 0 Å². The predicted molar refractivity (Wildman–Crippen MR) is 103 cm³/mol. The molecule has 1 unspecified atom stereocenters. The van der Waals surface area contributed by atoms with Gasteiger partial charge in [0.05, 0.1) is 36.1 Å². The molecule has 1 fully saturated rings. The zero-order valence-corrected chi connectivity index (χ0v) is 16.8. The van der Waals surface area contributed by atoms with Crippen LogP contribution in [0.4, 0.5) is 23.7 Å². The fourth-order valence-corrected chi connectivity index (χ4v) is 3.36. The minimum Gasteiger partial charge on any atom is -0.481 e. The first-order chi connectivity index (χ1) is 14.1. The lowest BCUT2D eigenvalue weighted by Crippen LogP contribution is -2.43. The second-order valence-corrected chi connectivity index (χ2v) is 6.95. The molecule has 2 aromatic rings. The Morgan fingerprint density at radius 1 is 1.33 bits per heavy atom. The minimum absolute atomic E-state index is 0.0610. The number of carbonyl (C=O) groups excluding carboxylic acids is 2. The van der Waals surface area contributed by atoms with Crippen LogP contribution in [0.25, 0.3) is 0 Å². The third kappa shape index (κ3) is 4.28. The predicted octanol–water partition coefficient (Wildman–Crippen LogP) is 3.32. The first-order valence-corrected chi connectivity index (χ1v) is 9.18. The molecule has 0 spiro atoms. The Balaban J connectivity index is 1.69. The second-order valence-electron chi connectivity index (χ2n) is 6.57. The van der Waals surface area contributed by atoms with Crippen molar-refractivity contribution in [3.05, 3.63) is 52.7 Å². The number of aromatic nitrogens is 1. The van der Waals surface area contributed by atoms with E-state index in [1.165, 1.54) is 42.3 Å². The average molecular weight is 443 g/mol. The first kappa shape index (κ1) is 21.7. The minimum atomic E-state index is -4.60. The Bertz CT molecular complexity index is 953. The summed E-state index contributed by atoms with van der Waals surface area (Å²) in [6.45, 7) is -0.143. The summed E-state index contributed by atoms with van der Waals surface area (Å²) in [6, 6.07) is 5.49. The van der Waals surface area contributed by atoms with Gasteiger partial charge in [-0.25, -0.2) is 9.78 Å². The Morgan fingerprint density at radius 2 is 2.07 bits per heavy atom. The van der Waals surface area contributed by atoms with E-state index in [9.17, 15) is 22.8 Å². The summed E-state index contributed by atoms with van der Waals surface area (Å²) in [7, 11) is 2.94. The third-order valence-corrected chi connectivity index (χ3v) is 5.18. The Kier molecular flexibility index (Phi) is 6.06. The number of benzene rings is 1. The zero-order valence-electron chi connectivity index (χ0n) is 16.0. The fraction of sp³-hybridized carbons (Fsp3) is 0.316. The van der Waals surface area contributed by atoms with Gasteiger partial charge in [0.15, 0.2) is 0 Å². The second kappa shape index (κ2) is 8.39. The summed E-state index contributed by atoms with van der Waals surface area (Å²) >= 11 is 5.86. The first-order valence-electron chi connectivity index (χ1n) is 8.80. The van der Waals surface area contributed by atoms with Gasteiger partial charge in [0.1, 0.15) is 6.04 Å². The molecular formula is C19H18ClF3N4O3. The van der Waals surface area contributed by atoms with Gasteiger partial charge < -0.3 is 15.0 Å². The number of urea groups is 1. The standard InChI is InChI=1S/C19H18ClF3N4O3/c1-26-14(10-27(18(26)29)12-6-7-15(30-2)24-9-12)17(28)25-8-11-4-3-5-13(16(11)20)19(21,22)23/h3-7,9,14H,8,10H2,1-2H3,(H,25,28). The van der Waals surface area contributed by atoms with E-state index in [1.807, 2.05) is 0 Å². The molecule has 0 aliphatic carbocycles. The van der Waals surface area contributed by atoms with Crippen molar-refractivity contribution in [2.45, 2.75) is 18.8 Å². The molecule has 0 bridgehead atoms. The van der Waals surface area contributed by atoms with Crippen molar-refractivity contribution in [2.24, 2.45) is 0 Å². The quantitative estimate of drug-likeness (QED) is 0.771. The van der Waals surface area contributed by atoms with Crippen molar-refractivity contribution < 1.29 is 27.5 Å². The van der Waals surface area contributed by atoms with Gasteiger partial charge in [0.2, 0.25) is 11.8 Å². The summed E-state index contributed by atoms with van der Waals surface area (Å²) in [5.74, 6) is -0.130. The highest BCUT2D eigenvalue weighted by Crippen LogP contribution is 2.36. The molecule has 1 aromatic heterocycles. The summed E-state index contributed by atoms with van der Waals surface area (Å²) in [5.41, 5.74) is -0.353. The fourth-order valence-electron chi connectivity index (χ4n) is 3.06. The number of amides is 3. The molecule has 0 saturated carbocycles. The van der Waals surface area contributed by atoms with E-state index in [-0.39, 0.29) is 18.7 Å². The lowest BCUT2D eigenvalue weighted by molar-refractivity contribution is -0.137. The maximum absolute atomic E-state index is 13.0. The normalized spacial score (nSPS) is 16.7. The number of nitrogens with one attached hydrogen (secondary N) is 1. The van der Waals surface area contributed by atoms with Gasteiger partial charge in [-0.05, 0) is 17.7 Å². The number of pyridine rings is 1. The van der Waals surface area contributed by atoms with Crippen LogP contribution in [0, 0.1) is 0 Å². The van der Waals surface area contributed by atoms with E-state index in [4.69, 9.17) is 16.3 Å². The number of anilines is 1. The number of hydrogen-bond donors (Lipinski definition) is 1. The van der Waals surface area contributed by atoms with E-state index in [1.54, 1.807) is 12.1 Å². The van der Waals surface area contributed by atoms with Crippen LogP contribution in [0.15, 0.2) is 36.5 Å². The number of halogens is 4. The number of rotatable bonds is 5. The van der Waals surface area contributed by atoms with Gasteiger partial charge in [0, 0.05) is 19.7 Å². The topological polar surface area (TPSA) is 74.8 Å². The molecule has 1 aliphatic rings. The number of carbonyl (C=O) groups is 2. The van der Waals surface area contributed by atoms with Crippen LogP contribution >= 0.6 is 11.6 Å². The maximum atomic E-state index is 13.0. The maximum Gasteiger partial charge on any atom is 0.417 e. The van der Waals surface area contributed by atoms with Crippen molar-refractivity contribution in [3.8, 4) is 5.88 Å². The largest absolute Gasteiger partial charge is 0.481 e. The third-order valence-electron chi connectivity index (χ3n) is 4.74. The number of alkyl halides is 3. The van der Waals surface area contributed by atoms with Crippen LogP contribution in [0.5, 0.6) is 5.88 Å². The Hall–Kier alpha value is -3.01. The van der Waals surface area contributed by atoms with E-state index in [2.05, 4.69) is 10.3 Å². The van der Waals surface area contributed by atoms with Crippen molar-refractivity contribution in [3.63, 3.8) is 0 Å². The number of likely N-dealkylation sites (N-methyl/N-ethyl adjacent to an activating group) is 1. The molecule has 11 heteroatoms. The molecule has 1 N–H and O–H groups in total. The molecule has 2 heterocycles. The van der Waals surface area contributed by atoms with Gasteiger partial charge in [-0.3, -0.25) is 9.69 Å². The summed E-state index contributed by atoms with van der Waals surface area (Å²) in [6.07, 6.45) is -3.14. The number of ether oxygens (including phenoxy) is 1. The van der Waals surface area contributed by atoms with Crippen LogP contribution in [0.3, 0.4) is 0 Å². The van der Waals surface area contributed by atoms with Crippen LogP contribution in [-0.4, -0.2) is 48.6 Å². The molecule has 30 heavy (non-hydrogen) atoms. The Morgan fingerprint density at radius 3 is 2.67 bits per heavy atom. The molecule has 3 amide bonds. The van der Waals surface area contributed by atoms with Crippen molar-refractivity contribution in [1.29, 1.82) is 0 Å². The van der Waals surface area contributed by atoms with Crippen molar-refractivity contribution in [1.82, 2.24) is 15.2 Å². The smallest absolute Gasteiger partial charge is 0.417 e. The van der Waals surface area contributed by atoms with Crippen LogP contribution in [0.2, 0.25) is 5.02 Å². The molecular weight excluding hydrogens is 425 g/mol. The summed E-state index contributed by atoms with van der Waals surface area (Å²) < 4.78 is 43.9. The lowest BCUT2D eigenvalue weighted by Gasteiger charge is -2.18. The molecule has 1 atom stereocenters. The van der Waals surface area contributed by atoms with E-state index < -0.39 is 34.7 Å². The van der Waals surface area contributed by atoms with E-state index in [0.717, 1.165) is 6.07 Å². The number of nitrogens with zero attached hydrogens (tertiary/aromatic N) is 3. The lowest BCUT2D eigenvalue weighted by atomic mass is 10.1. The molecule has 7 nitrogen and oxygen atoms in total. The average Bonchev–Trinajstić information content (AvgIpc) is 3.01. The van der Waals surface area contributed by atoms with Crippen LogP contribution in [-0.2, 0) is 17.5 Å². The SMILES string of the molecule is COc1ccc(N2CC(C(=O)NCc3cccc(C(F)(F)F)c3Cl)N(C)C2=O)cn1. The highest BCUT2D eigenvalue weighted by molar-refractivity contribution is 6.32. The monoisotopic (exact) mass is 442 g/mol. The Labute approximate surface area is 175 Å². The van der Waals surface area contributed by atoms with Crippen LogP contribution < -0.4 is 15.0 Å².